The van der Waals surface area contributed by atoms with Crippen LogP contribution >= 0.6 is 0 Å². The fourth-order valence-electron chi connectivity index (χ4n) is 2.91. The Labute approximate surface area is 180 Å². The van der Waals surface area contributed by atoms with E-state index in [1.807, 2.05) is 0 Å². The largest absolute Gasteiger partial charge is 0.379 e. The molecule has 1 saturated heterocycles. The van der Waals surface area contributed by atoms with Crippen LogP contribution in [0.2, 0.25) is 0 Å². The van der Waals surface area contributed by atoms with E-state index in [1.54, 1.807) is 18.2 Å². The predicted octanol–water partition coefficient (Wildman–Crippen LogP) is 1.15. The molecular weight excluding hydrogens is 449 g/mol. The Morgan fingerprint density at radius 1 is 1.06 bits per heavy atom. The van der Waals surface area contributed by atoms with Crippen LogP contribution in [0.25, 0.3) is 0 Å². The minimum Gasteiger partial charge on any atom is -0.379 e. The van der Waals surface area contributed by atoms with Crippen LogP contribution in [0.15, 0.2) is 58.3 Å². The van der Waals surface area contributed by atoms with Crippen molar-refractivity contribution in [3.63, 3.8) is 0 Å². The molecule has 9 nitrogen and oxygen atoms in total. The van der Waals surface area contributed by atoms with Gasteiger partial charge in [0, 0.05) is 18.8 Å². The molecule has 2 aromatic carbocycles. The van der Waals surface area contributed by atoms with Crippen LogP contribution in [0, 0.1) is 5.82 Å². The smallest absolute Gasteiger partial charge is 0.246 e. The third-order valence-electron chi connectivity index (χ3n) is 4.57. The van der Waals surface area contributed by atoms with Gasteiger partial charge in [0.05, 0.1) is 24.2 Å². The lowest BCUT2D eigenvalue weighted by Crippen LogP contribution is -2.42. The molecular formula is C19H22FN3O6S2. The van der Waals surface area contributed by atoms with E-state index < -0.39 is 42.7 Å². The zero-order chi connectivity index (χ0) is 22.6. The maximum Gasteiger partial charge on any atom is 0.246 e. The number of ether oxygens (including phenoxy) is 1. The summed E-state index contributed by atoms with van der Waals surface area (Å²) in [6.45, 7) is 1.94. The van der Waals surface area contributed by atoms with Crippen molar-refractivity contribution in [2.24, 2.45) is 0 Å². The molecule has 1 atom stereocenters. The first-order chi connectivity index (χ1) is 14.6. The SMILES string of the molecule is C[C@H](NS(=O)(=O)c1ccccc1)C(=O)Nc1ccc(F)c(S(=O)(=O)N2CCOCC2)c1. The van der Waals surface area contributed by atoms with E-state index in [0.29, 0.717) is 0 Å². The standard InChI is InChI=1S/C19H22FN3O6S2/c1-14(22-30(25,26)16-5-3-2-4-6-16)19(24)21-15-7-8-17(20)18(13-15)31(27,28)23-9-11-29-12-10-23/h2-8,13-14,22H,9-12H2,1H3,(H,21,24)/t14-/m0/s1. The summed E-state index contributed by atoms with van der Waals surface area (Å²) in [5.74, 6) is -1.69. The van der Waals surface area contributed by atoms with Gasteiger partial charge in [0.25, 0.3) is 0 Å². The van der Waals surface area contributed by atoms with Crippen LogP contribution in [0.4, 0.5) is 10.1 Å². The summed E-state index contributed by atoms with van der Waals surface area (Å²) >= 11 is 0. The summed E-state index contributed by atoms with van der Waals surface area (Å²) in [4.78, 5) is 11.9. The molecule has 1 heterocycles. The normalized spacial score (nSPS) is 16.6. The molecule has 1 aliphatic heterocycles. The number of rotatable bonds is 7. The summed E-state index contributed by atoms with van der Waals surface area (Å²) < 4.78 is 73.0. The molecule has 0 spiro atoms. The molecule has 0 aliphatic carbocycles. The fraction of sp³-hybridized carbons (Fsp3) is 0.316. The number of halogens is 1. The highest BCUT2D eigenvalue weighted by molar-refractivity contribution is 7.89. The van der Waals surface area contributed by atoms with Gasteiger partial charge in [0.1, 0.15) is 10.7 Å². The Morgan fingerprint density at radius 2 is 1.71 bits per heavy atom. The maximum atomic E-state index is 14.3. The quantitative estimate of drug-likeness (QED) is 0.625. The molecule has 0 bridgehead atoms. The van der Waals surface area contributed by atoms with Crippen LogP contribution in [0.3, 0.4) is 0 Å². The number of amides is 1. The van der Waals surface area contributed by atoms with Crippen LogP contribution in [0.5, 0.6) is 0 Å². The topological polar surface area (TPSA) is 122 Å². The molecule has 0 saturated carbocycles. The van der Waals surface area contributed by atoms with Crippen LogP contribution < -0.4 is 10.0 Å². The van der Waals surface area contributed by atoms with Crippen molar-refractivity contribution < 1.29 is 30.8 Å². The summed E-state index contributed by atoms with van der Waals surface area (Å²) in [7, 11) is -8.06. The monoisotopic (exact) mass is 471 g/mol. The fourth-order valence-corrected chi connectivity index (χ4v) is 5.63. The number of morpholine rings is 1. The average molecular weight is 472 g/mol. The Balaban J connectivity index is 1.75. The van der Waals surface area contributed by atoms with Crippen molar-refractivity contribution in [3.8, 4) is 0 Å². The maximum absolute atomic E-state index is 14.3. The van der Waals surface area contributed by atoms with Gasteiger partial charge in [-0.15, -0.1) is 0 Å². The number of sulfonamides is 2. The van der Waals surface area contributed by atoms with Crippen LogP contribution in [0.1, 0.15) is 6.92 Å². The van der Waals surface area contributed by atoms with Crippen molar-refractivity contribution in [3.05, 3.63) is 54.3 Å². The number of nitrogens with zero attached hydrogens (tertiary/aromatic N) is 1. The minimum atomic E-state index is -4.12. The molecule has 0 aromatic heterocycles. The molecule has 12 heteroatoms. The summed E-state index contributed by atoms with van der Waals surface area (Å²) in [6, 6.07) is 9.50. The van der Waals surface area contributed by atoms with Gasteiger partial charge in [-0.25, -0.2) is 21.2 Å². The number of benzene rings is 2. The van der Waals surface area contributed by atoms with E-state index in [9.17, 15) is 26.0 Å². The van der Waals surface area contributed by atoms with Gasteiger partial charge in [-0.05, 0) is 37.3 Å². The number of hydrogen-bond acceptors (Lipinski definition) is 6. The molecule has 1 aliphatic rings. The molecule has 1 fully saturated rings. The van der Waals surface area contributed by atoms with Gasteiger partial charge in [-0.3, -0.25) is 4.79 Å². The third-order valence-corrected chi connectivity index (χ3v) is 8.04. The van der Waals surface area contributed by atoms with E-state index in [2.05, 4.69) is 10.0 Å². The molecule has 31 heavy (non-hydrogen) atoms. The van der Waals surface area contributed by atoms with Crippen molar-refractivity contribution in [1.29, 1.82) is 0 Å². The summed E-state index contributed by atoms with van der Waals surface area (Å²) in [6.07, 6.45) is 0. The number of carbonyl (C=O) groups is 1. The number of nitrogens with one attached hydrogen (secondary N) is 2. The van der Waals surface area contributed by atoms with Crippen molar-refractivity contribution >= 4 is 31.6 Å². The lowest BCUT2D eigenvalue weighted by Gasteiger charge is -2.26. The zero-order valence-electron chi connectivity index (χ0n) is 16.6. The number of carbonyl (C=O) groups excluding carboxylic acids is 1. The molecule has 0 unspecified atom stereocenters. The molecule has 2 aromatic rings. The Hall–Kier alpha value is -2.38. The number of anilines is 1. The Kier molecular flexibility index (Phi) is 7.06. The van der Waals surface area contributed by atoms with Gasteiger partial charge in [-0.1, -0.05) is 18.2 Å². The third kappa shape index (κ3) is 5.46. The van der Waals surface area contributed by atoms with E-state index >= 15 is 0 Å². The van der Waals surface area contributed by atoms with Gasteiger partial charge < -0.3 is 10.1 Å². The van der Waals surface area contributed by atoms with Gasteiger partial charge in [-0.2, -0.15) is 9.03 Å². The van der Waals surface area contributed by atoms with E-state index in [1.165, 1.54) is 25.1 Å². The van der Waals surface area contributed by atoms with E-state index in [4.69, 9.17) is 4.74 Å². The van der Waals surface area contributed by atoms with E-state index in [0.717, 1.165) is 16.4 Å². The second-order valence-corrected chi connectivity index (χ2v) is 10.4. The first-order valence-electron chi connectivity index (χ1n) is 9.37. The molecule has 1 amide bonds. The second kappa shape index (κ2) is 9.40. The highest BCUT2D eigenvalue weighted by atomic mass is 32.2. The van der Waals surface area contributed by atoms with Crippen molar-refractivity contribution in [2.45, 2.75) is 22.8 Å². The second-order valence-electron chi connectivity index (χ2n) is 6.81. The Bertz CT molecular complexity index is 1150. The molecule has 2 N–H and O–H groups in total. The summed E-state index contributed by atoms with van der Waals surface area (Å²) in [5, 5.41) is 2.42. The predicted molar refractivity (Wildman–Crippen MR) is 111 cm³/mol. The van der Waals surface area contributed by atoms with Crippen molar-refractivity contribution in [2.75, 3.05) is 31.6 Å². The minimum absolute atomic E-state index is 0.00433. The van der Waals surface area contributed by atoms with Gasteiger partial charge >= 0.3 is 0 Å². The first-order valence-corrected chi connectivity index (χ1v) is 12.3. The average Bonchev–Trinajstić information content (AvgIpc) is 2.76. The van der Waals surface area contributed by atoms with Gasteiger partial charge in [0.2, 0.25) is 26.0 Å². The molecule has 3 rings (SSSR count). The molecule has 168 valence electrons. The lowest BCUT2D eigenvalue weighted by molar-refractivity contribution is -0.117. The lowest BCUT2D eigenvalue weighted by atomic mass is 10.3. The highest BCUT2D eigenvalue weighted by Gasteiger charge is 2.30. The van der Waals surface area contributed by atoms with E-state index in [-0.39, 0.29) is 36.9 Å². The highest BCUT2D eigenvalue weighted by Crippen LogP contribution is 2.24. The number of hydrogen-bond donors (Lipinski definition) is 2. The van der Waals surface area contributed by atoms with Crippen molar-refractivity contribution in [1.82, 2.24) is 9.03 Å². The van der Waals surface area contributed by atoms with Gasteiger partial charge in [0.15, 0.2) is 0 Å². The van der Waals surface area contributed by atoms with Crippen LogP contribution in [-0.4, -0.2) is 59.4 Å². The summed E-state index contributed by atoms with van der Waals surface area (Å²) in [5.41, 5.74) is 0.0176. The Morgan fingerprint density at radius 3 is 2.35 bits per heavy atom. The first kappa shape index (κ1) is 23.3. The zero-order valence-corrected chi connectivity index (χ0v) is 18.2. The molecule has 0 radical (unpaired) electrons. The van der Waals surface area contributed by atoms with Crippen LogP contribution in [-0.2, 0) is 29.6 Å².